The Morgan fingerprint density at radius 2 is 2.05 bits per heavy atom. The van der Waals surface area contributed by atoms with Gasteiger partial charge in [0.2, 0.25) is 0 Å². The van der Waals surface area contributed by atoms with Crippen molar-refractivity contribution in [3.63, 3.8) is 0 Å². The molecule has 0 aromatic heterocycles. The van der Waals surface area contributed by atoms with Crippen LogP contribution >= 0.6 is 0 Å². The lowest BCUT2D eigenvalue weighted by Gasteiger charge is -2.10. The molecule has 0 aliphatic heterocycles. The smallest absolute Gasteiger partial charge is 0.416 e. The Labute approximate surface area is 120 Å². The first-order valence-corrected chi connectivity index (χ1v) is 6.25. The van der Waals surface area contributed by atoms with Crippen LogP contribution < -0.4 is 10.5 Å². The molecule has 7 heteroatoms. The number of nitrogens with two attached hydrogens (primary N) is 1. The zero-order valence-corrected chi connectivity index (χ0v) is 11.4. The van der Waals surface area contributed by atoms with E-state index in [2.05, 4.69) is 0 Å². The highest BCUT2D eigenvalue weighted by atomic mass is 19.4. The Kier molecular flexibility index (Phi) is 6.08. The van der Waals surface area contributed by atoms with Gasteiger partial charge in [-0.2, -0.15) is 13.2 Å². The molecule has 0 amide bonds. The summed E-state index contributed by atoms with van der Waals surface area (Å²) in [5, 5.41) is 0. The second kappa shape index (κ2) is 7.56. The van der Waals surface area contributed by atoms with E-state index in [9.17, 15) is 18.0 Å². The number of carbonyl (C=O) groups excluding carboxylic acids is 1. The van der Waals surface area contributed by atoms with Crippen molar-refractivity contribution < 1.29 is 27.4 Å². The second-order valence-corrected chi connectivity index (χ2v) is 4.11. The van der Waals surface area contributed by atoms with Gasteiger partial charge in [0.15, 0.2) is 0 Å². The number of ether oxygens (including phenoxy) is 2. The highest BCUT2D eigenvalue weighted by molar-refractivity contribution is 5.82. The Morgan fingerprint density at radius 3 is 2.67 bits per heavy atom. The maximum atomic E-state index is 12.5. The van der Waals surface area contributed by atoms with Gasteiger partial charge in [-0.3, -0.25) is 0 Å². The molecular formula is C14H16F3NO3. The van der Waals surface area contributed by atoms with E-state index in [0.29, 0.717) is 12.1 Å². The van der Waals surface area contributed by atoms with Crippen LogP contribution in [0.2, 0.25) is 0 Å². The van der Waals surface area contributed by atoms with Crippen LogP contribution in [-0.2, 0) is 15.7 Å². The second-order valence-electron chi connectivity index (χ2n) is 4.11. The summed E-state index contributed by atoms with van der Waals surface area (Å²) < 4.78 is 47.3. The van der Waals surface area contributed by atoms with Gasteiger partial charge >= 0.3 is 12.1 Å². The first kappa shape index (κ1) is 16.9. The summed E-state index contributed by atoms with van der Waals surface area (Å²) in [6, 6.07) is 4.48. The summed E-state index contributed by atoms with van der Waals surface area (Å²) in [4.78, 5) is 11.2. The molecule has 0 atom stereocenters. The minimum atomic E-state index is -4.42. The van der Waals surface area contributed by atoms with Crippen molar-refractivity contribution >= 4 is 5.97 Å². The molecule has 0 spiro atoms. The van der Waals surface area contributed by atoms with Gasteiger partial charge in [-0.15, -0.1) is 0 Å². The summed E-state index contributed by atoms with van der Waals surface area (Å²) in [7, 11) is 0. The molecule has 0 radical (unpaired) electrons. The van der Waals surface area contributed by atoms with Crippen molar-refractivity contribution in [1.82, 2.24) is 0 Å². The number of rotatable bonds is 6. The van der Waals surface area contributed by atoms with Crippen LogP contribution in [0.3, 0.4) is 0 Å². The fourth-order valence-corrected chi connectivity index (χ4v) is 1.36. The molecule has 2 N–H and O–H groups in total. The lowest BCUT2D eigenvalue weighted by molar-refractivity contribution is -0.138. The number of halogens is 3. The third-order valence-electron chi connectivity index (χ3n) is 2.47. The fraction of sp³-hybridized carbons (Fsp3) is 0.357. The maximum absolute atomic E-state index is 12.5. The largest absolute Gasteiger partial charge is 0.490 e. The number of benzene rings is 1. The highest BCUT2D eigenvalue weighted by Crippen LogP contribution is 2.31. The molecule has 0 fully saturated rings. The van der Waals surface area contributed by atoms with E-state index in [4.69, 9.17) is 15.2 Å². The minimum absolute atomic E-state index is 0.0487. The Bertz CT molecular complexity index is 512. The average molecular weight is 303 g/mol. The molecule has 4 nitrogen and oxygen atoms in total. The molecular weight excluding hydrogens is 287 g/mol. The van der Waals surface area contributed by atoms with E-state index < -0.39 is 17.7 Å². The summed E-state index contributed by atoms with van der Waals surface area (Å²) >= 11 is 0. The topological polar surface area (TPSA) is 61.6 Å². The monoisotopic (exact) mass is 303 g/mol. The fourth-order valence-electron chi connectivity index (χ4n) is 1.36. The van der Waals surface area contributed by atoms with Crippen LogP contribution in [-0.4, -0.2) is 19.2 Å². The number of esters is 1. The van der Waals surface area contributed by atoms with E-state index in [0.717, 1.165) is 18.2 Å². The molecule has 0 aliphatic carbocycles. The Balaban J connectivity index is 2.42. The van der Waals surface area contributed by atoms with Gasteiger partial charge in [0, 0.05) is 11.8 Å². The van der Waals surface area contributed by atoms with E-state index in [1.54, 1.807) is 6.92 Å². The molecule has 0 saturated heterocycles. The zero-order valence-electron chi connectivity index (χ0n) is 11.4. The van der Waals surface area contributed by atoms with Crippen molar-refractivity contribution in [2.75, 3.05) is 13.2 Å². The van der Waals surface area contributed by atoms with Gasteiger partial charge < -0.3 is 15.2 Å². The van der Waals surface area contributed by atoms with E-state index in [1.807, 2.05) is 0 Å². The van der Waals surface area contributed by atoms with Crippen LogP contribution in [0.15, 0.2) is 36.0 Å². The molecule has 1 rings (SSSR count). The third-order valence-corrected chi connectivity index (χ3v) is 2.47. The molecule has 0 unspecified atom stereocenters. The molecule has 116 valence electrons. The van der Waals surface area contributed by atoms with Crippen LogP contribution in [0.25, 0.3) is 0 Å². The van der Waals surface area contributed by atoms with Crippen molar-refractivity contribution in [2.24, 2.45) is 5.73 Å². The number of alkyl halides is 3. The minimum Gasteiger partial charge on any atom is -0.490 e. The molecule has 1 aromatic carbocycles. The molecule has 0 heterocycles. The summed E-state index contributed by atoms with van der Waals surface area (Å²) in [5.41, 5.74) is 5.04. The van der Waals surface area contributed by atoms with Gasteiger partial charge in [-0.25, -0.2) is 4.79 Å². The molecule has 21 heavy (non-hydrogen) atoms. The summed E-state index contributed by atoms with van der Waals surface area (Å²) in [6.07, 6.45) is -2.74. The Morgan fingerprint density at radius 1 is 1.33 bits per heavy atom. The van der Waals surface area contributed by atoms with Gasteiger partial charge in [0.05, 0.1) is 5.56 Å². The van der Waals surface area contributed by atoms with E-state index in [-0.39, 0.29) is 19.0 Å². The zero-order chi connectivity index (χ0) is 15.9. The first-order valence-electron chi connectivity index (χ1n) is 6.25. The first-order chi connectivity index (χ1) is 9.82. The maximum Gasteiger partial charge on any atom is 0.416 e. The van der Waals surface area contributed by atoms with Crippen molar-refractivity contribution in [3.05, 3.63) is 41.6 Å². The lowest BCUT2D eigenvalue weighted by atomic mass is 10.2. The molecule has 0 bridgehead atoms. The Hall–Kier alpha value is -2.18. The van der Waals surface area contributed by atoms with Crippen molar-refractivity contribution in [3.8, 4) is 5.75 Å². The predicted octanol–water partition coefficient (Wildman–Crippen LogP) is 2.88. The summed E-state index contributed by atoms with van der Waals surface area (Å²) in [5.74, 6) is -0.550. The van der Waals surface area contributed by atoms with Crippen LogP contribution in [0.5, 0.6) is 5.75 Å². The van der Waals surface area contributed by atoms with E-state index >= 15 is 0 Å². The number of carbonyl (C=O) groups is 1. The molecule has 1 aromatic rings. The third kappa shape index (κ3) is 6.20. The van der Waals surface area contributed by atoms with Crippen LogP contribution in [0, 0.1) is 0 Å². The van der Waals surface area contributed by atoms with Crippen molar-refractivity contribution in [1.29, 1.82) is 0 Å². The van der Waals surface area contributed by atoms with Gasteiger partial charge in [0.1, 0.15) is 19.0 Å². The van der Waals surface area contributed by atoms with Gasteiger partial charge in [0.25, 0.3) is 0 Å². The molecule has 0 saturated carbocycles. The van der Waals surface area contributed by atoms with Crippen LogP contribution in [0.1, 0.15) is 18.9 Å². The quantitative estimate of drug-likeness (QED) is 0.499. The van der Waals surface area contributed by atoms with Crippen molar-refractivity contribution in [2.45, 2.75) is 19.5 Å². The number of hydrogen-bond acceptors (Lipinski definition) is 4. The van der Waals surface area contributed by atoms with Crippen LogP contribution in [0.4, 0.5) is 13.2 Å². The highest BCUT2D eigenvalue weighted by Gasteiger charge is 2.30. The molecule has 0 aliphatic rings. The van der Waals surface area contributed by atoms with Gasteiger partial charge in [-0.05, 0) is 24.6 Å². The lowest BCUT2D eigenvalue weighted by Crippen LogP contribution is -2.12. The summed E-state index contributed by atoms with van der Waals surface area (Å²) in [6.45, 7) is 1.66. The normalized spacial score (nSPS) is 12.1. The van der Waals surface area contributed by atoms with E-state index in [1.165, 1.54) is 12.1 Å². The standard InChI is InChI=1S/C14H16F3NO3/c1-2-11(18)9-13(19)21-7-6-20-12-5-3-4-10(8-12)14(15,16)17/h3-5,8-9H,2,6-7,18H2,1H3. The number of allylic oxidation sites excluding steroid dienone is 1. The SMILES string of the molecule is CCC(N)=CC(=O)OCCOc1cccc(C(F)(F)F)c1. The van der Waals surface area contributed by atoms with Gasteiger partial charge in [-0.1, -0.05) is 13.0 Å². The number of hydrogen-bond donors (Lipinski definition) is 1. The average Bonchev–Trinajstić information content (AvgIpc) is 2.43. The predicted molar refractivity (Wildman–Crippen MR) is 70.5 cm³/mol.